The maximum absolute atomic E-state index is 10.6. The Labute approximate surface area is 252 Å². The van der Waals surface area contributed by atoms with Crippen LogP contribution in [0.3, 0.4) is 0 Å². The summed E-state index contributed by atoms with van der Waals surface area (Å²) in [6.07, 6.45) is 15.8. The van der Waals surface area contributed by atoms with E-state index in [1.165, 1.54) is 51.4 Å². The van der Waals surface area contributed by atoms with Crippen LogP contribution in [0.5, 0.6) is 0 Å². The molecule has 0 aliphatic rings. The second-order valence-corrected chi connectivity index (χ2v) is 17.8. The van der Waals surface area contributed by atoms with Gasteiger partial charge in [-0.3, -0.25) is 0 Å². The third-order valence-electron chi connectivity index (χ3n) is 6.18. The molecule has 37 heavy (non-hydrogen) atoms. The van der Waals surface area contributed by atoms with Gasteiger partial charge in [-0.05, 0) is 38.5 Å². The SMILES string of the molecule is CC(C)CCCCCC(C)(S)C(=O)[O-].CC(C)CCCCCC(C)(S)C(=O)[O-].CCC[CH2][Sn+2][CH2]CCC. The molecule has 0 spiro atoms. The van der Waals surface area contributed by atoms with E-state index in [0.29, 0.717) is 12.8 Å². The summed E-state index contributed by atoms with van der Waals surface area (Å²) < 4.78 is 1.33. The molecule has 4 nitrogen and oxygen atoms in total. The number of carboxylic acids is 2. The normalized spacial score (nSPS) is 13.9. The molecule has 0 fully saturated rings. The molecule has 0 bridgehead atoms. The Bertz CT molecular complexity index is 492. The molecule has 2 atom stereocenters. The van der Waals surface area contributed by atoms with Crippen molar-refractivity contribution in [1.29, 1.82) is 0 Å². The first-order valence-electron chi connectivity index (χ1n) is 14.7. The van der Waals surface area contributed by atoms with Crippen LogP contribution in [0.1, 0.15) is 145 Å². The summed E-state index contributed by atoms with van der Waals surface area (Å²) in [5.74, 6) is -0.661. The van der Waals surface area contributed by atoms with Crippen molar-refractivity contribution in [2.45, 2.75) is 164 Å². The fraction of sp³-hybridized carbons (Fsp3) is 0.933. The predicted octanol–water partition coefficient (Wildman–Crippen LogP) is 7.19. The van der Waals surface area contributed by atoms with Gasteiger partial charge >= 0.3 is 69.5 Å². The van der Waals surface area contributed by atoms with Crippen LogP contribution in [0, 0.1) is 11.8 Å². The van der Waals surface area contributed by atoms with Gasteiger partial charge < -0.3 is 19.8 Å². The van der Waals surface area contributed by atoms with Crippen LogP contribution in [0.4, 0.5) is 0 Å². The molecule has 0 saturated heterocycles. The summed E-state index contributed by atoms with van der Waals surface area (Å²) in [4.78, 5) is 21.2. The summed E-state index contributed by atoms with van der Waals surface area (Å²) in [5.41, 5.74) is 0. The number of carboxylic acid groups (broad SMARTS) is 2. The molecule has 0 aromatic rings. The molecule has 2 unspecified atom stereocenters. The average Bonchev–Trinajstić information content (AvgIpc) is 2.78. The van der Waals surface area contributed by atoms with Crippen molar-refractivity contribution < 1.29 is 19.8 Å². The van der Waals surface area contributed by atoms with Crippen molar-refractivity contribution in [3.8, 4) is 0 Å². The standard InChI is InChI=1S/2C11H22O2S.2C4H9.Sn/c2*1-9(2)7-5-4-6-8-11(3,14)10(12)13;2*1-3-4-2;/h2*9,14H,4-8H2,1-3H3,(H,12,13);2*1,3-4H2,2H3;/q;;;;+2/p-2. The van der Waals surface area contributed by atoms with Gasteiger partial charge in [0.25, 0.3) is 0 Å². The first-order valence-corrected chi connectivity index (χ1v) is 19.6. The zero-order chi connectivity index (χ0) is 29.3. The Morgan fingerprint density at radius 1 is 0.649 bits per heavy atom. The van der Waals surface area contributed by atoms with Gasteiger partial charge in [0.05, 0.1) is 11.9 Å². The van der Waals surface area contributed by atoms with Gasteiger partial charge in [0.1, 0.15) is 0 Å². The summed E-state index contributed by atoms with van der Waals surface area (Å²) in [6, 6.07) is 0. The Hall–Kier alpha value is 0.439. The summed E-state index contributed by atoms with van der Waals surface area (Å²) in [5, 5.41) is 21.2. The summed E-state index contributed by atoms with van der Waals surface area (Å²) in [6.45, 7) is 16.6. The quantitative estimate of drug-likeness (QED) is 0.0819. The number of carbonyl (C=O) groups is 2. The zero-order valence-corrected chi connectivity index (χ0v) is 30.1. The third-order valence-corrected chi connectivity index (χ3v) is 11.0. The van der Waals surface area contributed by atoms with Crippen molar-refractivity contribution >= 4 is 58.3 Å². The molecule has 0 saturated carbocycles. The van der Waals surface area contributed by atoms with Gasteiger partial charge in [-0.1, -0.05) is 79.1 Å². The minimum absolute atomic E-state index is 0.149. The number of rotatable bonds is 20. The Balaban J connectivity index is -0.000000481. The maximum atomic E-state index is 10.6. The molecule has 0 heterocycles. The molecular formula is C30H60O4S2Sn. The number of unbranched alkanes of at least 4 members (excludes halogenated alkanes) is 6. The van der Waals surface area contributed by atoms with E-state index in [1.54, 1.807) is 22.7 Å². The first-order chi connectivity index (χ1) is 17.1. The van der Waals surface area contributed by atoms with Crippen LogP contribution in [0.25, 0.3) is 0 Å². The zero-order valence-electron chi connectivity index (χ0n) is 25.5. The van der Waals surface area contributed by atoms with Crippen molar-refractivity contribution in [2.75, 3.05) is 0 Å². The molecule has 0 aromatic carbocycles. The second kappa shape index (κ2) is 26.7. The number of aliphatic carboxylic acids is 2. The molecule has 0 radical (unpaired) electrons. The van der Waals surface area contributed by atoms with Crippen LogP contribution in [-0.4, -0.2) is 42.6 Å². The Morgan fingerprint density at radius 3 is 1.22 bits per heavy atom. The molecule has 0 rings (SSSR count). The molecule has 0 N–H and O–H groups in total. The van der Waals surface area contributed by atoms with Gasteiger partial charge in [-0.15, -0.1) is 0 Å². The fourth-order valence-electron chi connectivity index (χ4n) is 3.33. The van der Waals surface area contributed by atoms with Gasteiger partial charge in [0.15, 0.2) is 0 Å². The van der Waals surface area contributed by atoms with E-state index in [9.17, 15) is 19.8 Å². The number of carbonyl (C=O) groups excluding carboxylic acids is 2. The van der Waals surface area contributed by atoms with Gasteiger partial charge in [-0.25, -0.2) is 0 Å². The van der Waals surface area contributed by atoms with E-state index in [-0.39, 0.29) is 21.1 Å². The van der Waals surface area contributed by atoms with E-state index in [0.717, 1.165) is 37.5 Å². The van der Waals surface area contributed by atoms with Gasteiger partial charge in [-0.2, -0.15) is 25.3 Å². The number of hydrogen-bond acceptors (Lipinski definition) is 6. The van der Waals surface area contributed by atoms with Crippen molar-refractivity contribution in [2.24, 2.45) is 11.8 Å². The van der Waals surface area contributed by atoms with E-state index >= 15 is 0 Å². The molecular weight excluding hydrogens is 607 g/mol. The van der Waals surface area contributed by atoms with Crippen LogP contribution in [-0.2, 0) is 9.59 Å². The average molecular weight is 668 g/mol. The van der Waals surface area contributed by atoms with Crippen molar-refractivity contribution in [3.63, 3.8) is 0 Å². The number of thiol groups is 2. The van der Waals surface area contributed by atoms with Gasteiger partial charge in [0, 0.05) is 9.49 Å². The van der Waals surface area contributed by atoms with Crippen LogP contribution < -0.4 is 10.2 Å². The van der Waals surface area contributed by atoms with Crippen LogP contribution in [0.2, 0.25) is 8.87 Å². The third kappa shape index (κ3) is 32.5. The summed E-state index contributed by atoms with van der Waals surface area (Å²) >= 11 is 8.27. The molecule has 0 amide bonds. The van der Waals surface area contributed by atoms with E-state index in [4.69, 9.17) is 0 Å². The molecule has 0 aliphatic heterocycles. The number of hydrogen-bond donors (Lipinski definition) is 2. The van der Waals surface area contributed by atoms with E-state index < -0.39 is 21.4 Å². The van der Waals surface area contributed by atoms with Crippen molar-refractivity contribution in [1.82, 2.24) is 0 Å². The van der Waals surface area contributed by atoms with Crippen molar-refractivity contribution in [3.05, 3.63) is 0 Å². The monoisotopic (exact) mass is 668 g/mol. The van der Waals surface area contributed by atoms with Gasteiger partial charge in [0.2, 0.25) is 0 Å². The predicted molar refractivity (Wildman–Crippen MR) is 166 cm³/mol. The topological polar surface area (TPSA) is 80.3 Å². The Morgan fingerprint density at radius 2 is 0.973 bits per heavy atom. The molecule has 7 heteroatoms. The van der Waals surface area contributed by atoms with E-state index in [1.807, 2.05) is 0 Å². The van der Waals surface area contributed by atoms with Crippen LogP contribution >= 0.6 is 25.3 Å². The minimum atomic E-state index is -1.07. The van der Waals surface area contributed by atoms with Crippen LogP contribution in [0.15, 0.2) is 0 Å². The summed E-state index contributed by atoms with van der Waals surface area (Å²) in [7, 11) is 0. The van der Waals surface area contributed by atoms with E-state index in [2.05, 4.69) is 66.8 Å². The molecule has 220 valence electrons. The fourth-order valence-corrected chi connectivity index (χ4v) is 7.80. The second-order valence-electron chi connectivity index (χ2n) is 11.6. The first kappa shape index (κ1) is 41.9. The molecule has 0 aliphatic carbocycles. The molecule has 0 aromatic heterocycles. The Kier molecular flexibility index (Phi) is 30.2.